The van der Waals surface area contributed by atoms with Crippen molar-refractivity contribution in [3.63, 3.8) is 0 Å². The summed E-state index contributed by atoms with van der Waals surface area (Å²) in [6.07, 6.45) is 5.63. The maximum absolute atomic E-state index is 10.9. The minimum atomic E-state index is -0.162. The van der Waals surface area contributed by atoms with Crippen molar-refractivity contribution in [1.29, 1.82) is 0 Å². The maximum Gasteiger partial charge on any atom is 0.252 e. The van der Waals surface area contributed by atoms with Crippen LogP contribution in [0.25, 0.3) is 0 Å². The molecule has 0 aliphatic rings. The summed E-state index contributed by atoms with van der Waals surface area (Å²) in [7, 11) is 0. The average molecular weight is 205 g/mol. The molecule has 0 aromatic carbocycles. The first kappa shape index (κ1) is 9.45. The van der Waals surface area contributed by atoms with Crippen LogP contribution in [0.5, 0.6) is 0 Å². The van der Waals surface area contributed by atoms with Gasteiger partial charge in [-0.15, -0.1) is 0 Å². The Bertz CT molecular complexity index is 461. The topological polar surface area (TPSA) is 86.5 Å². The highest BCUT2D eigenvalue weighted by Crippen LogP contribution is 1.96. The van der Waals surface area contributed by atoms with Gasteiger partial charge in [-0.1, -0.05) is 0 Å². The predicted molar refractivity (Wildman–Crippen MR) is 55.6 cm³/mol. The van der Waals surface area contributed by atoms with E-state index >= 15 is 0 Å². The number of hydrogen-bond acceptors (Lipinski definition) is 4. The van der Waals surface area contributed by atoms with Crippen LogP contribution >= 0.6 is 0 Å². The molecule has 0 fully saturated rings. The lowest BCUT2D eigenvalue weighted by Gasteiger charge is -2.02. The van der Waals surface area contributed by atoms with Crippen molar-refractivity contribution in [2.45, 2.75) is 6.42 Å². The number of imidazole rings is 1. The fraction of sp³-hybridized carbons (Fsp3) is 0.222. The summed E-state index contributed by atoms with van der Waals surface area (Å²) >= 11 is 0. The third kappa shape index (κ3) is 2.67. The van der Waals surface area contributed by atoms with Crippen molar-refractivity contribution < 1.29 is 0 Å². The second kappa shape index (κ2) is 4.41. The van der Waals surface area contributed by atoms with E-state index in [-0.39, 0.29) is 5.56 Å². The maximum atomic E-state index is 10.9. The zero-order valence-corrected chi connectivity index (χ0v) is 8.03. The van der Waals surface area contributed by atoms with Crippen LogP contribution in [-0.2, 0) is 6.42 Å². The molecule has 0 saturated heterocycles. The first-order valence-corrected chi connectivity index (χ1v) is 4.61. The van der Waals surface area contributed by atoms with Gasteiger partial charge < -0.3 is 15.3 Å². The monoisotopic (exact) mass is 205 g/mol. The zero-order chi connectivity index (χ0) is 10.5. The van der Waals surface area contributed by atoms with E-state index in [1.54, 1.807) is 12.4 Å². The molecule has 0 atom stereocenters. The third-order valence-electron chi connectivity index (χ3n) is 1.90. The number of H-pyrrole nitrogens is 2. The molecule has 0 aliphatic carbocycles. The van der Waals surface area contributed by atoms with Crippen molar-refractivity contribution in [3.05, 3.63) is 41.0 Å². The Hall–Kier alpha value is -2.11. The van der Waals surface area contributed by atoms with E-state index in [4.69, 9.17) is 0 Å². The van der Waals surface area contributed by atoms with Crippen molar-refractivity contribution >= 4 is 5.82 Å². The van der Waals surface area contributed by atoms with E-state index in [0.29, 0.717) is 12.4 Å². The van der Waals surface area contributed by atoms with Crippen molar-refractivity contribution in [1.82, 2.24) is 19.9 Å². The van der Waals surface area contributed by atoms with Gasteiger partial charge >= 0.3 is 0 Å². The van der Waals surface area contributed by atoms with E-state index in [1.807, 2.05) is 0 Å². The fourth-order valence-corrected chi connectivity index (χ4v) is 1.21. The normalized spacial score (nSPS) is 10.1. The van der Waals surface area contributed by atoms with Gasteiger partial charge in [0.2, 0.25) is 0 Å². The van der Waals surface area contributed by atoms with Crippen LogP contribution in [-0.4, -0.2) is 26.5 Å². The quantitative estimate of drug-likeness (QED) is 0.663. The van der Waals surface area contributed by atoms with Crippen LogP contribution in [0.3, 0.4) is 0 Å². The van der Waals surface area contributed by atoms with Crippen LogP contribution in [0, 0.1) is 0 Å². The summed E-state index contributed by atoms with van der Waals surface area (Å²) < 4.78 is 0. The highest BCUT2D eigenvalue weighted by Gasteiger charge is 1.96. The predicted octanol–water partition coefficient (Wildman–Crippen LogP) is 0.148. The first-order valence-electron chi connectivity index (χ1n) is 4.61. The SMILES string of the molecule is O=c1cc(NCCc2ncc[nH]2)nc[nH]1. The van der Waals surface area contributed by atoms with Gasteiger partial charge in [-0.05, 0) is 0 Å². The molecular weight excluding hydrogens is 194 g/mol. The lowest BCUT2D eigenvalue weighted by Crippen LogP contribution is -2.11. The van der Waals surface area contributed by atoms with Gasteiger partial charge in [-0.2, -0.15) is 0 Å². The molecule has 0 spiro atoms. The molecule has 2 rings (SSSR count). The van der Waals surface area contributed by atoms with Crippen molar-refractivity contribution in [2.24, 2.45) is 0 Å². The van der Waals surface area contributed by atoms with Gasteiger partial charge in [0.15, 0.2) is 0 Å². The summed E-state index contributed by atoms with van der Waals surface area (Å²) in [5, 5.41) is 3.03. The molecule has 15 heavy (non-hydrogen) atoms. The second-order valence-corrected chi connectivity index (χ2v) is 3.01. The van der Waals surface area contributed by atoms with E-state index in [2.05, 4.69) is 25.3 Å². The van der Waals surface area contributed by atoms with E-state index in [1.165, 1.54) is 12.4 Å². The number of aromatic amines is 2. The van der Waals surface area contributed by atoms with E-state index in [9.17, 15) is 4.79 Å². The van der Waals surface area contributed by atoms with Crippen LogP contribution in [0.2, 0.25) is 0 Å². The minimum absolute atomic E-state index is 0.162. The first-order chi connectivity index (χ1) is 7.34. The lowest BCUT2D eigenvalue weighted by atomic mass is 10.4. The van der Waals surface area contributed by atoms with Crippen LogP contribution in [0.4, 0.5) is 5.82 Å². The molecule has 0 saturated carbocycles. The van der Waals surface area contributed by atoms with Gasteiger partial charge in [0, 0.05) is 31.4 Å². The molecule has 0 radical (unpaired) electrons. The Morgan fingerprint density at radius 3 is 3.00 bits per heavy atom. The molecule has 0 amide bonds. The molecule has 0 aliphatic heterocycles. The van der Waals surface area contributed by atoms with Gasteiger partial charge in [0.05, 0.1) is 6.33 Å². The highest BCUT2D eigenvalue weighted by atomic mass is 16.1. The molecule has 2 aromatic heterocycles. The molecule has 0 bridgehead atoms. The van der Waals surface area contributed by atoms with Gasteiger partial charge in [0.1, 0.15) is 11.6 Å². The smallest absolute Gasteiger partial charge is 0.252 e. The second-order valence-electron chi connectivity index (χ2n) is 3.01. The number of nitrogens with zero attached hydrogens (tertiary/aromatic N) is 2. The Labute approximate surface area is 85.8 Å². The number of nitrogens with one attached hydrogen (secondary N) is 3. The fourth-order valence-electron chi connectivity index (χ4n) is 1.21. The Balaban J connectivity index is 1.86. The van der Waals surface area contributed by atoms with Crippen molar-refractivity contribution in [3.8, 4) is 0 Å². The molecule has 0 unspecified atom stereocenters. The van der Waals surface area contributed by atoms with Crippen LogP contribution < -0.4 is 10.9 Å². The standard InChI is InChI=1S/C9H11N5O/c15-9-5-8(13-6-14-9)10-2-1-7-11-3-4-12-7/h3-6H,1-2H2,(H,11,12)(H2,10,13,14,15). The minimum Gasteiger partial charge on any atom is -0.369 e. The summed E-state index contributed by atoms with van der Waals surface area (Å²) in [5.41, 5.74) is -0.162. The van der Waals surface area contributed by atoms with Crippen LogP contribution in [0.15, 0.2) is 29.6 Å². The highest BCUT2D eigenvalue weighted by molar-refractivity contribution is 5.31. The van der Waals surface area contributed by atoms with E-state index < -0.39 is 0 Å². The van der Waals surface area contributed by atoms with Crippen LogP contribution in [0.1, 0.15) is 5.82 Å². The summed E-state index contributed by atoms with van der Waals surface area (Å²) in [4.78, 5) is 24.4. The molecular formula is C9H11N5O. The van der Waals surface area contributed by atoms with Crippen molar-refractivity contribution in [2.75, 3.05) is 11.9 Å². The number of anilines is 1. The molecule has 2 heterocycles. The summed E-state index contributed by atoms with van der Waals surface area (Å²) in [6, 6.07) is 1.42. The molecule has 6 heteroatoms. The number of rotatable bonds is 4. The Morgan fingerprint density at radius 1 is 1.33 bits per heavy atom. The van der Waals surface area contributed by atoms with E-state index in [0.717, 1.165) is 12.2 Å². The number of aromatic nitrogens is 4. The Kier molecular flexibility index (Phi) is 2.77. The Morgan fingerprint density at radius 2 is 2.27 bits per heavy atom. The lowest BCUT2D eigenvalue weighted by molar-refractivity contribution is 0.918. The molecule has 6 nitrogen and oxygen atoms in total. The molecule has 3 N–H and O–H groups in total. The zero-order valence-electron chi connectivity index (χ0n) is 8.03. The van der Waals surface area contributed by atoms with Gasteiger partial charge in [-0.25, -0.2) is 9.97 Å². The third-order valence-corrected chi connectivity index (χ3v) is 1.90. The summed E-state index contributed by atoms with van der Waals surface area (Å²) in [6.45, 7) is 0.684. The average Bonchev–Trinajstić information content (AvgIpc) is 2.71. The molecule has 2 aromatic rings. The number of hydrogen-bond donors (Lipinski definition) is 3. The van der Waals surface area contributed by atoms with Gasteiger partial charge in [0.25, 0.3) is 5.56 Å². The molecule has 78 valence electrons. The summed E-state index contributed by atoms with van der Waals surface area (Å²) in [5.74, 6) is 1.48. The van der Waals surface area contributed by atoms with Gasteiger partial charge in [-0.3, -0.25) is 4.79 Å². The largest absolute Gasteiger partial charge is 0.369 e.